The van der Waals surface area contributed by atoms with Gasteiger partial charge in [0.05, 0.1) is 5.56 Å². The molecule has 0 saturated carbocycles. The lowest BCUT2D eigenvalue weighted by atomic mass is 10.1. The molecule has 1 aromatic heterocycles. The lowest BCUT2D eigenvalue weighted by Crippen LogP contribution is -2.48. The number of hydrogen-bond donors (Lipinski definition) is 0. The zero-order valence-electron chi connectivity index (χ0n) is 14.1. The van der Waals surface area contributed by atoms with Gasteiger partial charge in [-0.3, -0.25) is 9.69 Å². The number of carbonyl (C=O) groups is 1. The summed E-state index contributed by atoms with van der Waals surface area (Å²) in [4.78, 5) is 18.3. The van der Waals surface area contributed by atoms with Crippen molar-refractivity contribution in [1.82, 2.24) is 9.80 Å². The average Bonchev–Trinajstić information content (AvgIpc) is 2.89. The van der Waals surface area contributed by atoms with Crippen molar-refractivity contribution in [2.24, 2.45) is 0 Å². The summed E-state index contributed by atoms with van der Waals surface area (Å²) in [7, 11) is 0. The molecule has 0 atom stereocenters. The number of benzene rings is 1. The zero-order chi connectivity index (χ0) is 16.4. The normalized spacial score (nSPS) is 15.9. The fourth-order valence-electron chi connectivity index (χ4n) is 2.96. The topological polar surface area (TPSA) is 23.6 Å². The standard InChI is InChI=1S/C19H24N2OS/c1-14-4-6-17(7-5-14)12-20-8-10-21(11-9-20)19(22)18-13-23-16(3)15(18)2/h4-7,13H,8-12H2,1-3H3. The summed E-state index contributed by atoms with van der Waals surface area (Å²) < 4.78 is 0. The summed E-state index contributed by atoms with van der Waals surface area (Å²) in [6.45, 7) is 10.7. The molecule has 1 amide bonds. The molecule has 0 N–H and O–H groups in total. The fourth-order valence-corrected chi connectivity index (χ4v) is 3.81. The van der Waals surface area contributed by atoms with Gasteiger partial charge in [-0.25, -0.2) is 0 Å². The van der Waals surface area contributed by atoms with Crippen LogP contribution in [0.4, 0.5) is 0 Å². The first kappa shape index (κ1) is 16.2. The quantitative estimate of drug-likeness (QED) is 0.859. The molecular weight excluding hydrogens is 304 g/mol. The van der Waals surface area contributed by atoms with Crippen molar-refractivity contribution in [1.29, 1.82) is 0 Å². The summed E-state index contributed by atoms with van der Waals surface area (Å²) in [5.74, 6) is 0.196. The molecule has 0 unspecified atom stereocenters. The molecule has 0 radical (unpaired) electrons. The molecule has 0 spiro atoms. The second kappa shape index (κ2) is 6.85. The van der Waals surface area contributed by atoms with E-state index in [1.165, 1.54) is 16.0 Å². The molecule has 2 aromatic rings. The molecule has 1 aliphatic heterocycles. The minimum Gasteiger partial charge on any atom is -0.336 e. The van der Waals surface area contributed by atoms with Gasteiger partial charge in [0, 0.05) is 43.0 Å². The van der Waals surface area contributed by atoms with Gasteiger partial charge in [0.1, 0.15) is 0 Å². The molecular formula is C19H24N2OS. The summed E-state index contributed by atoms with van der Waals surface area (Å²) in [6, 6.07) is 8.72. The maximum absolute atomic E-state index is 12.7. The van der Waals surface area contributed by atoms with Crippen LogP contribution >= 0.6 is 11.3 Å². The Kier molecular flexibility index (Phi) is 4.83. The number of carbonyl (C=O) groups excluding carboxylic acids is 1. The van der Waals surface area contributed by atoms with Crippen LogP contribution in [0.3, 0.4) is 0 Å². The minimum absolute atomic E-state index is 0.196. The van der Waals surface area contributed by atoms with E-state index in [-0.39, 0.29) is 5.91 Å². The van der Waals surface area contributed by atoms with Crippen LogP contribution in [-0.2, 0) is 6.54 Å². The van der Waals surface area contributed by atoms with Gasteiger partial charge >= 0.3 is 0 Å². The molecule has 3 rings (SSSR count). The van der Waals surface area contributed by atoms with Crippen LogP contribution in [0.5, 0.6) is 0 Å². The molecule has 1 fully saturated rings. The lowest BCUT2D eigenvalue weighted by molar-refractivity contribution is 0.0628. The first-order valence-corrected chi connectivity index (χ1v) is 9.04. The monoisotopic (exact) mass is 328 g/mol. The van der Waals surface area contributed by atoms with E-state index >= 15 is 0 Å². The number of aryl methyl sites for hydroxylation is 2. The Morgan fingerprint density at radius 1 is 1.04 bits per heavy atom. The molecule has 1 aliphatic rings. The van der Waals surface area contributed by atoms with Crippen LogP contribution in [0.1, 0.15) is 31.9 Å². The molecule has 0 aliphatic carbocycles. The van der Waals surface area contributed by atoms with Crippen LogP contribution < -0.4 is 0 Å². The van der Waals surface area contributed by atoms with Crippen LogP contribution in [0.25, 0.3) is 0 Å². The van der Waals surface area contributed by atoms with Gasteiger partial charge in [-0.2, -0.15) is 0 Å². The Balaban J connectivity index is 1.57. The molecule has 1 aromatic carbocycles. The van der Waals surface area contributed by atoms with Gasteiger partial charge in [-0.15, -0.1) is 11.3 Å². The van der Waals surface area contributed by atoms with Gasteiger partial charge in [0.15, 0.2) is 0 Å². The maximum atomic E-state index is 12.7. The van der Waals surface area contributed by atoms with Crippen molar-refractivity contribution >= 4 is 17.2 Å². The van der Waals surface area contributed by atoms with Gasteiger partial charge in [-0.05, 0) is 31.9 Å². The fraction of sp³-hybridized carbons (Fsp3) is 0.421. The minimum atomic E-state index is 0.196. The second-order valence-electron chi connectivity index (χ2n) is 6.38. The Morgan fingerprint density at radius 2 is 1.70 bits per heavy atom. The van der Waals surface area contributed by atoms with E-state index in [0.717, 1.165) is 43.9 Å². The van der Waals surface area contributed by atoms with Crippen LogP contribution in [-0.4, -0.2) is 41.9 Å². The van der Waals surface area contributed by atoms with Crippen LogP contribution in [0.15, 0.2) is 29.6 Å². The van der Waals surface area contributed by atoms with E-state index in [9.17, 15) is 4.79 Å². The van der Waals surface area contributed by atoms with Crippen molar-refractivity contribution in [2.45, 2.75) is 27.3 Å². The third-order valence-electron chi connectivity index (χ3n) is 4.70. The van der Waals surface area contributed by atoms with Gasteiger partial charge in [0.25, 0.3) is 5.91 Å². The van der Waals surface area contributed by atoms with Crippen molar-refractivity contribution in [3.63, 3.8) is 0 Å². The summed E-state index contributed by atoms with van der Waals surface area (Å²) in [5.41, 5.74) is 4.67. The number of piperazine rings is 1. The average molecular weight is 328 g/mol. The van der Waals surface area contributed by atoms with Gasteiger partial charge < -0.3 is 4.90 Å². The molecule has 23 heavy (non-hydrogen) atoms. The summed E-state index contributed by atoms with van der Waals surface area (Å²) >= 11 is 1.67. The van der Waals surface area contributed by atoms with Crippen LogP contribution in [0.2, 0.25) is 0 Å². The predicted octanol–water partition coefficient (Wildman–Crippen LogP) is 3.63. The molecule has 2 heterocycles. The van der Waals surface area contributed by atoms with Gasteiger partial charge in [-0.1, -0.05) is 29.8 Å². The number of hydrogen-bond acceptors (Lipinski definition) is 3. The van der Waals surface area contributed by atoms with E-state index in [1.54, 1.807) is 11.3 Å². The van der Waals surface area contributed by atoms with E-state index in [4.69, 9.17) is 0 Å². The highest BCUT2D eigenvalue weighted by atomic mass is 32.1. The lowest BCUT2D eigenvalue weighted by Gasteiger charge is -2.34. The van der Waals surface area contributed by atoms with Crippen molar-refractivity contribution in [3.8, 4) is 0 Å². The largest absolute Gasteiger partial charge is 0.336 e. The van der Waals surface area contributed by atoms with E-state index in [2.05, 4.69) is 43.0 Å². The maximum Gasteiger partial charge on any atom is 0.255 e. The van der Waals surface area contributed by atoms with E-state index in [0.29, 0.717) is 0 Å². The van der Waals surface area contributed by atoms with Crippen molar-refractivity contribution in [3.05, 3.63) is 56.8 Å². The first-order valence-electron chi connectivity index (χ1n) is 8.16. The number of rotatable bonds is 3. The van der Waals surface area contributed by atoms with Crippen LogP contribution in [0, 0.1) is 20.8 Å². The summed E-state index contributed by atoms with van der Waals surface area (Å²) in [6.07, 6.45) is 0. The molecule has 1 saturated heterocycles. The first-order chi connectivity index (χ1) is 11.0. The molecule has 4 heteroatoms. The highest BCUT2D eigenvalue weighted by Gasteiger charge is 2.24. The van der Waals surface area contributed by atoms with Gasteiger partial charge in [0.2, 0.25) is 0 Å². The van der Waals surface area contributed by atoms with Crippen molar-refractivity contribution in [2.75, 3.05) is 26.2 Å². The number of amides is 1. The van der Waals surface area contributed by atoms with Crippen molar-refractivity contribution < 1.29 is 4.79 Å². The highest BCUT2D eigenvalue weighted by molar-refractivity contribution is 7.10. The Hall–Kier alpha value is -1.65. The summed E-state index contributed by atoms with van der Waals surface area (Å²) in [5, 5.41) is 2.01. The van der Waals surface area contributed by atoms with E-state index < -0.39 is 0 Å². The second-order valence-corrected chi connectivity index (χ2v) is 7.47. The Bertz CT molecular complexity index is 682. The smallest absolute Gasteiger partial charge is 0.255 e. The molecule has 122 valence electrons. The SMILES string of the molecule is Cc1ccc(CN2CCN(C(=O)c3csc(C)c3C)CC2)cc1. The zero-order valence-corrected chi connectivity index (χ0v) is 14.9. The molecule has 3 nitrogen and oxygen atoms in total. The highest BCUT2D eigenvalue weighted by Crippen LogP contribution is 2.22. The predicted molar refractivity (Wildman–Crippen MR) is 96.2 cm³/mol. The Morgan fingerprint density at radius 3 is 2.26 bits per heavy atom. The number of nitrogens with zero attached hydrogens (tertiary/aromatic N) is 2. The number of thiophene rings is 1. The van der Waals surface area contributed by atoms with E-state index in [1.807, 2.05) is 17.2 Å². The third-order valence-corrected chi connectivity index (χ3v) is 5.72. The molecule has 0 bridgehead atoms. The third kappa shape index (κ3) is 3.65. The Labute approximate surface area is 142 Å².